The number of carbonyl (C=O) groups is 2. The van der Waals surface area contributed by atoms with Crippen molar-refractivity contribution < 1.29 is 9.59 Å². The smallest absolute Gasteiger partial charge is 0.277 e. The summed E-state index contributed by atoms with van der Waals surface area (Å²) in [5.41, 5.74) is 1.75. The molecule has 2 amide bonds. The average Bonchev–Trinajstić information content (AvgIpc) is 2.95. The standard InChI is InChI=1S/C13H15N5O2/c1-18(2)12(19)7-9-3-5-10(6-4-9)15-13(20)11-8-14-17-16-11/h3-6,8H,7H2,1-2H3,(H,15,20)(H,14,16,17). The molecule has 0 aliphatic rings. The Morgan fingerprint density at radius 3 is 2.50 bits per heavy atom. The molecule has 1 aromatic carbocycles. The summed E-state index contributed by atoms with van der Waals surface area (Å²) in [4.78, 5) is 24.8. The Labute approximate surface area is 116 Å². The van der Waals surface area contributed by atoms with Gasteiger partial charge in [0.15, 0.2) is 5.69 Å². The zero-order valence-electron chi connectivity index (χ0n) is 11.3. The average molecular weight is 273 g/mol. The van der Waals surface area contributed by atoms with Crippen molar-refractivity contribution in [1.82, 2.24) is 20.3 Å². The number of anilines is 1. The molecule has 2 N–H and O–H groups in total. The molecule has 0 fully saturated rings. The van der Waals surface area contributed by atoms with E-state index in [2.05, 4.69) is 20.7 Å². The number of aromatic amines is 1. The van der Waals surface area contributed by atoms with Crippen molar-refractivity contribution in [2.75, 3.05) is 19.4 Å². The third kappa shape index (κ3) is 3.41. The van der Waals surface area contributed by atoms with Crippen molar-refractivity contribution in [2.24, 2.45) is 0 Å². The minimum Gasteiger partial charge on any atom is -0.349 e. The molecular weight excluding hydrogens is 258 g/mol. The number of amides is 2. The number of nitrogens with zero attached hydrogens (tertiary/aromatic N) is 3. The molecular formula is C13H15N5O2. The Bertz CT molecular complexity index is 590. The van der Waals surface area contributed by atoms with Crippen molar-refractivity contribution in [3.8, 4) is 0 Å². The van der Waals surface area contributed by atoms with Crippen LogP contribution in [0.1, 0.15) is 16.1 Å². The van der Waals surface area contributed by atoms with Gasteiger partial charge in [-0.25, -0.2) is 0 Å². The van der Waals surface area contributed by atoms with E-state index in [4.69, 9.17) is 0 Å². The molecule has 0 unspecified atom stereocenters. The lowest BCUT2D eigenvalue weighted by Crippen LogP contribution is -2.23. The van der Waals surface area contributed by atoms with Crippen LogP contribution in [0.2, 0.25) is 0 Å². The summed E-state index contributed by atoms with van der Waals surface area (Å²) in [7, 11) is 3.43. The molecule has 0 aliphatic carbocycles. The lowest BCUT2D eigenvalue weighted by molar-refractivity contribution is -0.127. The predicted octanol–water partition coefficient (Wildman–Crippen LogP) is 0.688. The van der Waals surface area contributed by atoms with E-state index >= 15 is 0 Å². The number of likely N-dealkylation sites (N-methyl/N-ethyl adjacent to an activating group) is 1. The molecule has 0 bridgehead atoms. The highest BCUT2D eigenvalue weighted by molar-refractivity contribution is 6.02. The number of hydrogen-bond acceptors (Lipinski definition) is 4. The second kappa shape index (κ2) is 5.96. The van der Waals surface area contributed by atoms with Gasteiger partial charge in [-0.3, -0.25) is 9.59 Å². The molecule has 0 saturated carbocycles. The van der Waals surface area contributed by atoms with Crippen LogP contribution < -0.4 is 5.32 Å². The molecule has 0 aliphatic heterocycles. The van der Waals surface area contributed by atoms with Crippen LogP contribution in [-0.2, 0) is 11.2 Å². The van der Waals surface area contributed by atoms with Gasteiger partial charge in [-0.05, 0) is 17.7 Å². The molecule has 0 radical (unpaired) electrons. The minimum atomic E-state index is -0.337. The molecule has 104 valence electrons. The Hall–Kier alpha value is -2.70. The maximum Gasteiger partial charge on any atom is 0.277 e. The molecule has 1 heterocycles. The van der Waals surface area contributed by atoms with Gasteiger partial charge in [0.25, 0.3) is 5.91 Å². The molecule has 7 heteroatoms. The van der Waals surface area contributed by atoms with Crippen LogP contribution in [0.4, 0.5) is 5.69 Å². The van der Waals surface area contributed by atoms with Crippen molar-refractivity contribution >= 4 is 17.5 Å². The Morgan fingerprint density at radius 2 is 1.95 bits per heavy atom. The second-order valence-corrected chi connectivity index (χ2v) is 4.47. The van der Waals surface area contributed by atoms with E-state index < -0.39 is 0 Å². The summed E-state index contributed by atoms with van der Waals surface area (Å²) in [5, 5.41) is 12.3. The monoisotopic (exact) mass is 273 g/mol. The highest BCUT2D eigenvalue weighted by atomic mass is 16.2. The van der Waals surface area contributed by atoms with Crippen molar-refractivity contribution in [2.45, 2.75) is 6.42 Å². The maximum absolute atomic E-state index is 11.7. The summed E-state index contributed by atoms with van der Waals surface area (Å²) in [5.74, 6) is -0.305. The normalized spacial score (nSPS) is 10.1. The van der Waals surface area contributed by atoms with Crippen molar-refractivity contribution in [3.05, 3.63) is 41.7 Å². The third-order valence-corrected chi connectivity index (χ3v) is 2.71. The Kier molecular flexibility index (Phi) is 4.09. The highest BCUT2D eigenvalue weighted by Crippen LogP contribution is 2.11. The van der Waals surface area contributed by atoms with E-state index in [0.717, 1.165) is 5.56 Å². The van der Waals surface area contributed by atoms with Gasteiger partial charge in [-0.1, -0.05) is 12.1 Å². The molecule has 0 spiro atoms. The van der Waals surface area contributed by atoms with E-state index in [-0.39, 0.29) is 17.5 Å². The molecule has 2 aromatic rings. The fourth-order valence-electron chi connectivity index (χ4n) is 1.54. The fraction of sp³-hybridized carbons (Fsp3) is 0.231. The van der Waals surface area contributed by atoms with Gasteiger partial charge in [0.1, 0.15) is 0 Å². The van der Waals surface area contributed by atoms with Crippen LogP contribution in [0.3, 0.4) is 0 Å². The van der Waals surface area contributed by atoms with Crippen LogP contribution in [0, 0.1) is 0 Å². The van der Waals surface area contributed by atoms with E-state index in [1.807, 2.05) is 0 Å². The van der Waals surface area contributed by atoms with Gasteiger partial charge in [-0.15, -0.1) is 0 Å². The summed E-state index contributed by atoms with van der Waals surface area (Å²) < 4.78 is 0. The van der Waals surface area contributed by atoms with Gasteiger partial charge in [0, 0.05) is 19.8 Å². The third-order valence-electron chi connectivity index (χ3n) is 2.71. The van der Waals surface area contributed by atoms with Crippen LogP contribution in [0.15, 0.2) is 30.5 Å². The van der Waals surface area contributed by atoms with Crippen molar-refractivity contribution in [3.63, 3.8) is 0 Å². The number of nitrogens with one attached hydrogen (secondary N) is 2. The quantitative estimate of drug-likeness (QED) is 0.857. The summed E-state index contributed by atoms with van der Waals surface area (Å²) in [6, 6.07) is 7.10. The first-order valence-electron chi connectivity index (χ1n) is 6.02. The van der Waals surface area contributed by atoms with Crippen LogP contribution >= 0.6 is 0 Å². The molecule has 2 rings (SSSR count). The Balaban J connectivity index is 1.98. The lowest BCUT2D eigenvalue weighted by Gasteiger charge is -2.10. The molecule has 7 nitrogen and oxygen atoms in total. The van der Waals surface area contributed by atoms with Gasteiger partial charge in [-0.2, -0.15) is 15.4 Å². The number of rotatable bonds is 4. The van der Waals surface area contributed by atoms with Gasteiger partial charge >= 0.3 is 0 Å². The largest absolute Gasteiger partial charge is 0.349 e. The van der Waals surface area contributed by atoms with Crippen LogP contribution in [-0.4, -0.2) is 46.2 Å². The van der Waals surface area contributed by atoms with Gasteiger partial charge in [0.2, 0.25) is 5.91 Å². The van der Waals surface area contributed by atoms with E-state index in [1.54, 1.807) is 43.3 Å². The number of carbonyl (C=O) groups excluding carboxylic acids is 2. The molecule has 0 saturated heterocycles. The number of hydrogen-bond donors (Lipinski definition) is 2. The minimum absolute atomic E-state index is 0.0318. The Morgan fingerprint density at radius 1 is 1.25 bits per heavy atom. The molecule has 20 heavy (non-hydrogen) atoms. The second-order valence-electron chi connectivity index (χ2n) is 4.47. The van der Waals surface area contributed by atoms with Gasteiger partial charge < -0.3 is 10.2 Å². The van der Waals surface area contributed by atoms with E-state index in [9.17, 15) is 9.59 Å². The summed E-state index contributed by atoms with van der Waals surface area (Å²) in [6.45, 7) is 0. The molecule has 0 atom stereocenters. The maximum atomic E-state index is 11.7. The molecule has 1 aromatic heterocycles. The zero-order valence-corrected chi connectivity index (χ0v) is 11.3. The van der Waals surface area contributed by atoms with Crippen molar-refractivity contribution in [1.29, 1.82) is 0 Å². The summed E-state index contributed by atoms with van der Waals surface area (Å²) >= 11 is 0. The first-order chi connectivity index (χ1) is 9.56. The first-order valence-corrected chi connectivity index (χ1v) is 6.02. The van der Waals surface area contributed by atoms with Crippen LogP contribution in [0.5, 0.6) is 0 Å². The highest BCUT2D eigenvalue weighted by Gasteiger charge is 2.09. The first kappa shape index (κ1) is 13.7. The lowest BCUT2D eigenvalue weighted by atomic mass is 10.1. The fourth-order valence-corrected chi connectivity index (χ4v) is 1.54. The number of benzene rings is 1. The summed E-state index contributed by atoms with van der Waals surface area (Å²) in [6.07, 6.45) is 1.68. The topological polar surface area (TPSA) is 91.0 Å². The number of aromatic nitrogens is 3. The zero-order chi connectivity index (χ0) is 14.5. The predicted molar refractivity (Wildman–Crippen MR) is 73.2 cm³/mol. The van der Waals surface area contributed by atoms with E-state index in [0.29, 0.717) is 12.1 Å². The van der Waals surface area contributed by atoms with Crippen LogP contribution in [0.25, 0.3) is 0 Å². The van der Waals surface area contributed by atoms with Gasteiger partial charge in [0.05, 0.1) is 12.6 Å². The van der Waals surface area contributed by atoms with E-state index in [1.165, 1.54) is 6.20 Å². The number of H-pyrrole nitrogens is 1. The SMILES string of the molecule is CN(C)C(=O)Cc1ccc(NC(=O)c2cn[nH]n2)cc1.